The van der Waals surface area contributed by atoms with Gasteiger partial charge in [0.2, 0.25) is 0 Å². The normalized spacial score (nSPS) is 10.2. The molecule has 0 aliphatic heterocycles. The Bertz CT molecular complexity index is 1140. The third-order valence-electron chi connectivity index (χ3n) is 4.92. The summed E-state index contributed by atoms with van der Waals surface area (Å²) in [6.07, 6.45) is 3.53. The van der Waals surface area contributed by atoms with E-state index < -0.39 is 0 Å². The highest BCUT2D eigenvalue weighted by molar-refractivity contribution is 6.01. The zero-order valence-electron chi connectivity index (χ0n) is 19.5. The molecule has 4 nitrogen and oxygen atoms in total. The first-order valence-electron chi connectivity index (χ1n) is 10.9. The van der Waals surface area contributed by atoms with Gasteiger partial charge in [-0.15, -0.1) is 0 Å². The van der Waals surface area contributed by atoms with Crippen molar-refractivity contribution in [3.8, 4) is 0 Å². The number of imidazole rings is 1. The van der Waals surface area contributed by atoms with Crippen LogP contribution in [0.4, 0.5) is 0 Å². The summed E-state index contributed by atoms with van der Waals surface area (Å²) in [5.74, 6) is 1.06. The number of fused-ring (bicyclic) bond motifs is 3. The summed E-state index contributed by atoms with van der Waals surface area (Å²) in [4.78, 5) is 14.1. The monoisotopic (exact) mass is 402 g/mol. The van der Waals surface area contributed by atoms with E-state index in [2.05, 4.69) is 53.5 Å². The first kappa shape index (κ1) is 23.3. The molecule has 1 aromatic carbocycles. The number of allylic oxidation sites excluding steroid dienone is 1. The molecule has 0 bridgehead atoms. The molecule has 0 radical (unpaired) electrons. The Morgan fingerprint density at radius 2 is 1.67 bits per heavy atom. The molecule has 4 aromatic rings. The Hall–Kier alpha value is -3.01. The maximum absolute atomic E-state index is 4.88. The number of benzene rings is 1. The summed E-state index contributed by atoms with van der Waals surface area (Å²) in [7, 11) is 2.07. The summed E-state index contributed by atoms with van der Waals surface area (Å²) >= 11 is 0. The van der Waals surface area contributed by atoms with Gasteiger partial charge in [-0.1, -0.05) is 52.5 Å². The SMILES string of the molecule is C=C(C)c1ccc(CCc2nc3c4ncccc4ccc3n2C)nc1C.CC.CC. The zero-order chi connectivity index (χ0) is 22.3. The third kappa shape index (κ3) is 4.76. The number of pyridine rings is 2. The molecule has 0 unspecified atom stereocenters. The van der Waals surface area contributed by atoms with E-state index in [-0.39, 0.29) is 0 Å². The van der Waals surface area contributed by atoms with E-state index in [0.717, 1.165) is 63.1 Å². The van der Waals surface area contributed by atoms with Crippen molar-refractivity contribution in [2.75, 3.05) is 0 Å². The second-order valence-corrected chi connectivity index (χ2v) is 6.81. The van der Waals surface area contributed by atoms with Crippen molar-refractivity contribution < 1.29 is 0 Å². The van der Waals surface area contributed by atoms with Gasteiger partial charge in [-0.05, 0) is 49.6 Å². The average molecular weight is 403 g/mol. The Morgan fingerprint density at radius 3 is 2.33 bits per heavy atom. The van der Waals surface area contributed by atoms with Crippen molar-refractivity contribution in [3.05, 3.63) is 71.9 Å². The average Bonchev–Trinajstić information content (AvgIpc) is 3.11. The van der Waals surface area contributed by atoms with Crippen LogP contribution in [0.1, 0.15) is 57.4 Å². The predicted molar refractivity (Wildman–Crippen MR) is 130 cm³/mol. The molecule has 0 aliphatic rings. The van der Waals surface area contributed by atoms with Crippen molar-refractivity contribution in [1.29, 1.82) is 0 Å². The van der Waals surface area contributed by atoms with Crippen LogP contribution in [-0.2, 0) is 19.9 Å². The third-order valence-corrected chi connectivity index (χ3v) is 4.92. The number of aryl methyl sites for hydroxylation is 4. The van der Waals surface area contributed by atoms with Gasteiger partial charge in [-0.3, -0.25) is 9.97 Å². The molecular formula is C26H34N4. The Balaban J connectivity index is 0.000000757. The van der Waals surface area contributed by atoms with Crippen molar-refractivity contribution in [2.24, 2.45) is 7.05 Å². The Kier molecular flexibility index (Phi) is 8.28. The van der Waals surface area contributed by atoms with Crippen LogP contribution in [0.15, 0.2) is 49.2 Å². The summed E-state index contributed by atoms with van der Waals surface area (Å²) in [6, 6.07) is 12.5. The van der Waals surface area contributed by atoms with E-state index in [9.17, 15) is 0 Å². The second-order valence-electron chi connectivity index (χ2n) is 6.81. The maximum Gasteiger partial charge on any atom is 0.115 e. The van der Waals surface area contributed by atoms with E-state index in [4.69, 9.17) is 9.97 Å². The molecule has 0 fully saturated rings. The van der Waals surface area contributed by atoms with E-state index in [1.54, 1.807) is 0 Å². The number of aromatic nitrogens is 4. The first-order valence-corrected chi connectivity index (χ1v) is 10.9. The summed E-state index contributed by atoms with van der Waals surface area (Å²) in [5, 5.41) is 1.12. The number of nitrogens with zero attached hydrogens (tertiary/aromatic N) is 4. The van der Waals surface area contributed by atoms with Gasteiger partial charge in [0.25, 0.3) is 0 Å². The van der Waals surface area contributed by atoms with Crippen molar-refractivity contribution in [1.82, 2.24) is 19.5 Å². The Labute approximate surface area is 180 Å². The first-order chi connectivity index (χ1) is 14.5. The minimum Gasteiger partial charge on any atom is -0.331 e. The molecule has 0 aliphatic carbocycles. The van der Waals surface area contributed by atoms with Gasteiger partial charge < -0.3 is 4.57 Å². The van der Waals surface area contributed by atoms with Crippen LogP contribution in [0.2, 0.25) is 0 Å². The van der Waals surface area contributed by atoms with Gasteiger partial charge in [0.15, 0.2) is 0 Å². The fourth-order valence-corrected chi connectivity index (χ4v) is 3.51. The molecular weight excluding hydrogens is 368 g/mol. The fraction of sp³-hybridized carbons (Fsp3) is 0.346. The summed E-state index contributed by atoms with van der Waals surface area (Å²) < 4.78 is 2.17. The molecule has 4 heteroatoms. The topological polar surface area (TPSA) is 43.6 Å². The van der Waals surface area contributed by atoms with Crippen LogP contribution < -0.4 is 0 Å². The number of hydrogen-bond acceptors (Lipinski definition) is 3. The minimum absolute atomic E-state index is 0.846. The van der Waals surface area contributed by atoms with Crippen molar-refractivity contribution in [2.45, 2.75) is 54.4 Å². The largest absolute Gasteiger partial charge is 0.331 e. The van der Waals surface area contributed by atoms with Gasteiger partial charge in [0.05, 0.1) is 11.0 Å². The van der Waals surface area contributed by atoms with Crippen molar-refractivity contribution in [3.63, 3.8) is 0 Å². The quantitative estimate of drug-likeness (QED) is 0.382. The molecule has 0 saturated carbocycles. The second kappa shape index (κ2) is 10.7. The van der Waals surface area contributed by atoms with Gasteiger partial charge >= 0.3 is 0 Å². The highest BCUT2D eigenvalue weighted by Gasteiger charge is 2.12. The van der Waals surface area contributed by atoms with E-state index in [0.29, 0.717) is 0 Å². The lowest BCUT2D eigenvalue weighted by Gasteiger charge is -2.07. The molecule has 30 heavy (non-hydrogen) atoms. The molecule has 3 heterocycles. The number of hydrogen-bond donors (Lipinski definition) is 0. The fourth-order valence-electron chi connectivity index (χ4n) is 3.51. The van der Waals surface area contributed by atoms with E-state index in [1.807, 2.05) is 53.8 Å². The highest BCUT2D eigenvalue weighted by atomic mass is 15.1. The van der Waals surface area contributed by atoms with E-state index >= 15 is 0 Å². The molecule has 0 saturated heterocycles. The van der Waals surface area contributed by atoms with Crippen molar-refractivity contribution >= 4 is 27.5 Å². The van der Waals surface area contributed by atoms with Gasteiger partial charge in [-0.25, -0.2) is 4.98 Å². The molecule has 158 valence electrons. The van der Waals surface area contributed by atoms with Gasteiger partial charge in [-0.2, -0.15) is 0 Å². The molecule has 0 atom stereocenters. The summed E-state index contributed by atoms with van der Waals surface area (Å²) in [5.41, 5.74) is 7.37. The molecule has 0 spiro atoms. The van der Waals surface area contributed by atoms with Crippen LogP contribution >= 0.6 is 0 Å². The number of rotatable bonds is 4. The minimum atomic E-state index is 0.846. The molecule has 0 amide bonds. The lowest BCUT2D eigenvalue weighted by atomic mass is 10.1. The predicted octanol–water partition coefficient (Wildman–Crippen LogP) is 6.70. The van der Waals surface area contributed by atoms with Gasteiger partial charge in [0, 0.05) is 36.4 Å². The van der Waals surface area contributed by atoms with Gasteiger partial charge in [0.1, 0.15) is 11.3 Å². The van der Waals surface area contributed by atoms with Crippen LogP contribution in [0, 0.1) is 6.92 Å². The maximum atomic E-state index is 4.88. The lowest BCUT2D eigenvalue weighted by molar-refractivity contribution is 0.774. The molecule has 3 aromatic heterocycles. The Morgan fingerprint density at radius 1 is 0.933 bits per heavy atom. The zero-order valence-corrected chi connectivity index (χ0v) is 19.5. The van der Waals surface area contributed by atoms with Crippen LogP contribution in [0.25, 0.3) is 27.5 Å². The molecule has 0 N–H and O–H groups in total. The highest BCUT2D eigenvalue weighted by Crippen LogP contribution is 2.24. The van der Waals surface area contributed by atoms with Crippen LogP contribution in [-0.4, -0.2) is 19.5 Å². The summed E-state index contributed by atoms with van der Waals surface area (Å²) in [6.45, 7) is 16.1. The van der Waals surface area contributed by atoms with Crippen LogP contribution in [0.5, 0.6) is 0 Å². The van der Waals surface area contributed by atoms with Crippen LogP contribution in [0.3, 0.4) is 0 Å². The molecule has 4 rings (SSSR count). The lowest BCUT2D eigenvalue weighted by Crippen LogP contribution is -2.03. The standard InChI is InChI=1S/C22H22N4.2C2H6/c1-14(2)18-10-8-17(24-15(18)3)9-12-20-25-22-19(26(20)4)11-7-16-6-5-13-23-21(16)22;2*1-2/h5-8,10-11,13H,1,9,12H2,2-4H3;2*1-2H3. The van der Waals surface area contributed by atoms with E-state index in [1.165, 1.54) is 0 Å². The smallest absolute Gasteiger partial charge is 0.115 e.